The Balaban J connectivity index is 1.73. The number of hydrogen-bond acceptors (Lipinski definition) is 7. The summed E-state index contributed by atoms with van der Waals surface area (Å²) in [7, 11) is 0. The van der Waals surface area contributed by atoms with Crippen molar-refractivity contribution in [3.63, 3.8) is 0 Å². The van der Waals surface area contributed by atoms with Crippen LogP contribution in [0.5, 0.6) is 5.75 Å². The van der Waals surface area contributed by atoms with Crippen LogP contribution in [0, 0.1) is 5.92 Å². The van der Waals surface area contributed by atoms with Crippen LogP contribution < -0.4 is 10.1 Å². The molecule has 28 heavy (non-hydrogen) atoms. The van der Waals surface area contributed by atoms with Crippen LogP contribution in [0.1, 0.15) is 39.2 Å². The molecular formula is C21H35NO6. The van der Waals surface area contributed by atoms with Gasteiger partial charge in [-0.3, -0.25) is 0 Å². The number of nitrogens with one attached hydrogen (secondary N) is 1. The molecule has 5 unspecified atom stereocenters. The average molecular weight is 398 g/mol. The molecule has 0 aliphatic carbocycles. The van der Waals surface area contributed by atoms with Crippen molar-refractivity contribution in [2.24, 2.45) is 5.92 Å². The Bertz CT molecular complexity index is 550. The minimum absolute atomic E-state index is 0.511. The fourth-order valence-corrected chi connectivity index (χ4v) is 2.97. The summed E-state index contributed by atoms with van der Waals surface area (Å²) >= 11 is 0. The van der Waals surface area contributed by atoms with E-state index in [1.54, 1.807) is 12.1 Å². The SMILES string of the molecule is CCC1OC(Oc2ccc(CNCCOCCC(C)C)cc2)C(O)C(O)C1O. The van der Waals surface area contributed by atoms with Crippen LogP contribution in [-0.2, 0) is 16.0 Å². The Morgan fingerprint density at radius 1 is 1.04 bits per heavy atom. The van der Waals surface area contributed by atoms with Gasteiger partial charge in [0.25, 0.3) is 0 Å². The van der Waals surface area contributed by atoms with Gasteiger partial charge in [-0.15, -0.1) is 0 Å². The standard InChI is InChI=1S/C21H35NO6/c1-4-17-18(23)19(24)20(25)21(28-17)27-16-7-5-15(6-8-16)13-22-10-12-26-11-9-14(2)3/h5-8,14,17-25H,4,9-13H2,1-3H3. The zero-order valence-corrected chi connectivity index (χ0v) is 17.1. The van der Waals surface area contributed by atoms with Gasteiger partial charge in [0.1, 0.15) is 24.1 Å². The first kappa shape index (κ1) is 23.1. The van der Waals surface area contributed by atoms with Gasteiger partial charge in [0.2, 0.25) is 6.29 Å². The molecule has 1 aliphatic rings. The van der Waals surface area contributed by atoms with Gasteiger partial charge >= 0.3 is 0 Å². The molecule has 5 atom stereocenters. The first-order valence-electron chi connectivity index (χ1n) is 10.2. The van der Waals surface area contributed by atoms with E-state index < -0.39 is 30.7 Å². The maximum absolute atomic E-state index is 10.1. The Morgan fingerprint density at radius 2 is 1.75 bits per heavy atom. The van der Waals surface area contributed by atoms with Crippen molar-refractivity contribution < 1.29 is 29.5 Å². The van der Waals surface area contributed by atoms with Crippen LogP contribution in [0.3, 0.4) is 0 Å². The minimum atomic E-state index is -1.31. The van der Waals surface area contributed by atoms with Gasteiger partial charge in [-0.1, -0.05) is 32.9 Å². The summed E-state index contributed by atoms with van der Waals surface area (Å²) in [6, 6.07) is 7.45. The second-order valence-corrected chi connectivity index (χ2v) is 7.66. The smallest absolute Gasteiger partial charge is 0.229 e. The van der Waals surface area contributed by atoms with Crippen LogP contribution in [-0.4, -0.2) is 65.8 Å². The summed E-state index contributed by atoms with van der Waals surface area (Å²) < 4.78 is 16.8. The molecule has 160 valence electrons. The topological polar surface area (TPSA) is 100 Å². The van der Waals surface area contributed by atoms with Gasteiger partial charge in [0.05, 0.1) is 12.7 Å². The number of benzene rings is 1. The third-order valence-electron chi connectivity index (χ3n) is 4.84. The summed E-state index contributed by atoms with van der Waals surface area (Å²) in [5.74, 6) is 1.19. The highest BCUT2D eigenvalue weighted by Crippen LogP contribution is 2.25. The molecule has 1 aliphatic heterocycles. The predicted octanol–water partition coefficient (Wildman–Crippen LogP) is 1.44. The molecule has 1 aromatic carbocycles. The van der Waals surface area contributed by atoms with Crippen molar-refractivity contribution >= 4 is 0 Å². The Morgan fingerprint density at radius 3 is 2.39 bits per heavy atom. The van der Waals surface area contributed by atoms with Crippen LogP contribution >= 0.6 is 0 Å². The summed E-state index contributed by atoms with van der Waals surface area (Å²) in [5, 5.41) is 33.3. The predicted molar refractivity (Wildman–Crippen MR) is 106 cm³/mol. The van der Waals surface area contributed by atoms with Crippen LogP contribution in [0.4, 0.5) is 0 Å². The molecule has 7 nitrogen and oxygen atoms in total. The molecule has 1 fully saturated rings. The third-order valence-corrected chi connectivity index (χ3v) is 4.84. The molecule has 2 rings (SSSR count). The Hall–Kier alpha value is -1.22. The van der Waals surface area contributed by atoms with Crippen LogP contribution in [0.15, 0.2) is 24.3 Å². The largest absolute Gasteiger partial charge is 0.462 e. The molecule has 0 spiro atoms. The second-order valence-electron chi connectivity index (χ2n) is 7.66. The van der Waals surface area contributed by atoms with Crippen molar-refractivity contribution in [2.45, 2.75) is 70.9 Å². The van der Waals surface area contributed by atoms with Gasteiger partial charge in [-0.2, -0.15) is 0 Å². The van der Waals surface area contributed by atoms with E-state index in [4.69, 9.17) is 14.2 Å². The van der Waals surface area contributed by atoms with Gasteiger partial charge in [-0.25, -0.2) is 0 Å². The Labute approximate surface area is 167 Å². The molecular weight excluding hydrogens is 362 g/mol. The van der Waals surface area contributed by atoms with E-state index in [-0.39, 0.29) is 0 Å². The molecule has 1 saturated heterocycles. The summed E-state index contributed by atoms with van der Waals surface area (Å²) in [4.78, 5) is 0. The highest BCUT2D eigenvalue weighted by Gasteiger charge is 2.44. The van der Waals surface area contributed by atoms with Crippen molar-refractivity contribution in [2.75, 3.05) is 19.8 Å². The van der Waals surface area contributed by atoms with E-state index in [0.717, 1.165) is 31.7 Å². The molecule has 0 aromatic heterocycles. The van der Waals surface area contributed by atoms with Crippen molar-refractivity contribution in [3.05, 3.63) is 29.8 Å². The van der Waals surface area contributed by atoms with E-state index in [9.17, 15) is 15.3 Å². The molecule has 0 saturated carbocycles. The maximum Gasteiger partial charge on any atom is 0.229 e. The molecule has 1 aromatic rings. The van der Waals surface area contributed by atoms with E-state index in [2.05, 4.69) is 19.2 Å². The van der Waals surface area contributed by atoms with E-state index >= 15 is 0 Å². The van der Waals surface area contributed by atoms with Gasteiger partial charge in [0.15, 0.2) is 0 Å². The lowest BCUT2D eigenvalue weighted by molar-refractivity contribution is -0.272. The van der Waals surface area contributed by atoms with Crippen LogP contribution in [0.25, 0.3) is 0 Å². The minimum Gasteiger partial charge on any atom is -0.462 e. The van der Waals surface area contributed by atoms with Gasteiger partial charge in [-0.05, 0) is 36.5 Å². The number of rotatable bonds is 11. The number of aliphatic hydroxyl groups excluding tert-OH is 3. The van der Waals surface area contributed by atoms with Crippen LogP contribution in [0.2, 0.25) is 0 Å². The van der Waals surface area contributed by atoms with E-state index in [0.29, 0.717) is 24.7 Å². The van der Waals surface area contributed by atoms with E-state index in [1.807, 2.05) is 19.1 Å². The number of ether oxygens (including phenoxy) is 3. The normalized spacial score (nSPS) is 27.9. The highest BCUT2D eigenvalue weighted by atomic mass is 16.7. The van der Waals surface area contributed by atoms with Crippen molar-refractivity contribution in [3.8, 4) is 5.75 Å². The van der Waals surface area contributed by atoms with Gasteiger partial charge in [0, 0.05) is 19.7 Å². The van der Waals surface area contributed by atoms with Crippen molar-refractivity contribution in [1.29, 1.82) is 0 Å². The zero-order chi connectivity index (χ0) is 20.5. The summed E-state index contributed by atoms with van der Waals surface area (Å²) in [6.45, 7) is 9.21. The highest BCUT2D eigenvalue weighted by molar-refractivity contribution is 5.27. The monoisotopic (exact) mass is 397 g/mol. The second kappa shape index (κ2) is 11.7. The third kappa shape index (κ3) is 6.99. The van der Waals surface area contributed by atoms with E-state index in [1.165, 1.54) is 0 Å². The lowest BCUT2D eigenvalue weighted by Crippen LogP contribution is -2.58. The van der Waals surface area contributed by atoms with Gasteiger partial charge < -0.3 is 34.8 Å². The number of hydrogen-bond donors (Lipinski definition) is 4. The molecule has 0 amide bonds. The zero-order valence-electron chi connectivity index (χ0n) is 17.1. The molecule has 0 bridgehead atoms. The molecule has 4 N–H and O–H groups in total. The Kier molecular flexibility index (Phi) is 9.64. The fourth-order valence-electron chi connectivity index (χ4n) is 2.97. The fraction of sp³-hybridized carbons (Fsp3) is 0.714. The molecule has 1 heterocycles. The van der Waals surface area contributed by atoms with Crippen molar-refractivity contribution in [1.82, 2.24) is 5.32 Å². The summed E-state index contributed by atoms with van der Waals surface area (Å²) in [6.07, 6.45) is -3.73. The average Bonchev–Trinajstić information content (AvgIpc) is 2.68. The quantitative estimate of drug-likeness (QED) is 0.419. The maximum atomic E-state index is 10.1. The first-order chi connectivity index (χ1) is 13.4. The molecule has 7 heteroatoms. The first-order valence-corrected chi connectivity index (χ1v) is 10.2. The number of aliphatic hydroxyl groups is 3. The lowest BCUT2D eigenvalue weighted by Gasteiger charge is -2.40. The lowest BCUT2D eigenvalue weighted by atomic mass is 9.97. The molecule has 0 radical (unpaired) electrons. The summed E-state index contributed by atoms with van der Waals surface area (Å²) in [5.41, 5.74) is 1.10.